The third-order valence-corrected chi connectivity index (χ3v) is 4.76. The molecule has 1 rings (SSSR count). The van der Waals surface area contributed by atoms with Gasteiger partial charge in [-0.2, -0.15) is 0 Å². The lowest BCUT2D eigenvalue weighted by Crippen LogP contribution is -2.17. The van der Waals surface area contributed by atoms with Crippen molar-refractivity contribution < 1.29 is 18.3 Å². The minimum absolute atomic E-state index is 0.168. The van der Waals surface area contributed by atoms with Crippen LogP contribution in [0.4, 0.5) is 0 Å². The number of hydrogen-bond acceptors (Lipinski definition) is 5. The summed E-state index contributed by atoms with van der Waals surface area (Å²) < 4.78 is 27.9. The molecule has 0 aromatic heterocycles. The first-order valence-corrected chi connectivity index (χ1v) is 8.05. The summed E-state index contributed by atoms with van der Waals surface area (Å²) in [4.78, 5) is 0. The number of methoxy groups -OCH3 is 1. The molecule has 5 nitrogen and oxygen atoms in total. The maximum absolute atomic E-state index is 12.4. The average Bonchev–Trinajstić information content (AvgIpc) is 2.39. The molecule has 0 bridgehead atoms. The summed E-state index contributed by atoms with van der Waals surface area (Å²) in [5.41, 5.74) is 6.94. The van der Waals surface area contributed by atoms with Crippen molar-refractivity contribution >= 4 is 7.60 Å². The molecular formula is C13H22NO4P. The van der Waals surface area contributed by atoms with Gasteiger partial charge in [0.05, 0.1) is 26.5 Å². The molecule has 0 unspecified atom stereocenters. The van der Waals surface area contributed by atoms with Crippen molar-refractivity contribution in [2.75, 3.05) is 26.5 Å². The van der Waals surface area contributed by atoms with Gasteiger partial charge in [0.15, 0.2) is 0 Å². The summed E-state index contributed by atoms with van der Waals surface area (Å²) >= 11 is 0. The van der Waals surface area contributed by atoms with Gasteiger partial charge in [-0.1, -0.05) is 12.1 Å². The molecule has 1 aromatic carbocycles. The summed E-state index contributed by atoms with van der Waals surface area (Å²) in [6.45, 7) is 4.24. The third kappa shape index (κ3) is 4.96. The van der Waals surface area contributed by atoms with Gasteiger partial charge >= 0.3 is 7.60 Å². The molecule has 0 saturated heterocycles. The topological polar surface area (TPSA) is 70.8 Å². The van der Waals surface area contributed by atoms with Gasteiger partial charge in [0, 0.05) is 6.04 Å². The van der Waals surface area contributed by atoms with Gasteiger partial charge < -0.3 is 19.5 Å². The van der Waals surface area contributed by atoms with Crippen LogP contribution in [0.1, 0.15) is 25.5 Å². The van der Waals surface area contributed by atoms with E-state index < -0.39 is 13.6 Å². The third-order valence-electron chi connectivity index (χ3n) is 2.62. The first kappa shape index (κ1) is 16.2. The normalized spacial score (nSPS) is 13.3. The monoisotopic (exact) mass is 287 g/mol. The smallest absolute Gasteiger partial charge is 0.332 e. The van der Waals surface area contributed by atoms with Gasteiger partial charge in [-0.15, -0.1) is 0 Å². The molecule has 0 aliphatic carbocycles. The van der Waals surface area contributed by atoms with Gasteiger partial charge in [-0.05, 0) is 31.5 Å². The van der Waals surface area contributed by atoms with Crippen LogP contribution in [0.15, 0.2) is 24.3 Å². The van der Waals surface area contributed by atoms with Crippen molar-refractivity contribution in [2.24, 2.45) is 5.73 Å². The first-order valence-electron chi connectivity index (χ1n) is 6.32. The number of hydrogen-bond donors (Lipinski definition) is 1. The minimum Gasteiger partial charge on any atom is -0.497 e. The van der Waals surface area contributed by atoms with Crippen LogP contribution in [0, 0.1) is 0 Å². The summed E-state index contributed by atoms with van der Waals surface area (Å²) in [6, 6.07) is 6.95. The van der Waals surface area contributed by atoms with E-state index in [4.69, 9.17) is 19.5 Å². The molecule has 0 spiro atoms. The summed E-state index contributed by atoms with van der Waals surface area (Å²) in [5, 5.41) is 0. The van der Waals surface area contributed by atoms with Crippen LogP contribution >= 0.6 is 7.60 Å². The van der Waals surface area contributed by atoms with E-state index in [0.29, 0.717) is 13.2 Å². The standard InChI is InChI=1S/C13H22NO4P/c1-4-17-19(15,18-5-2)10-13(14)11-6-8-12(16-3)9-7-11/h6-9,13H,4-5,10,14H2,1-3H3/t13-/m1/s1. The van der Waals surface area contributed by atoms with Crippen molar-refractivity contribution in [3.05, 3.63) is 29.8 Å². The Hall–Kier alpha value is -0.870. The van der Waals surface area contributed by atoms with Gasteiger partial charge in [-0.3, -0.25) is 4.57 Å². The summed E-state index contributed by atoms with van der Waals surface area (Å²) in [5.74, 6) is 0.758. The molecule has 0 amide bonds. The zero-order valence-corrected chi connectivity index (χ0v) is 12.6. The Labute approximate surface area is 114 Å². The quantitative estimate of drug-likeness (QED) is 0.744. The first-order chi connectivity index (χ1) is 9.04. The Morgan fingerprint density at radius 1 is 1.16 bits per heavy atom. The highest BCUT2D eigenvalue weighted by Gasteiger charge is 2.27. The average molecular weight is 287 g/mol. The summed E-state index contributed by atoms with van der Waals surface area (Å²) in [7, 11) is -1.51. The lowest BCUT2D eigenvalue weighted by molar-refractivity contribution is 0.218. The molecule has 0 aliphatic rings. The predicted octanol–water partition coefficient (Wildman–Crippen LogP) is 2.96. The summed E-state index contributed by atoms with van der Waals surface area (Å²) in [6.07, 6.45) is 0.168. The molecule has 0 heterocycles. The van der Waals surface area contributed by atoms with E-state index in [1.54, 1.807) is 21.0 Å². The fourth-order valence-electron chi connectivity index (χ4n) is 1.73. The molecule has 0 fully saturated rings. The highest BCUT2D eigenvalue weighted by molar-refractivity contribution is 7.53. The van der Waals surface area contributed by atoms with Crippen molar-refractivity contribution in [3.8, 4) is 5.75 Å². The number of nitrogens with two attached hydrogens (primary N) is 1. The molecule has 108 valence electrons. The molecular weight excluding hydrogens is 265 g/mol. The van der Waals surface area contributed by atoms with Gasteiger partial charge in [0.2, 0.25) is 0 Å². The molecule has 6 heteroatoms. The zero-order chi connectivity index (χ0) is 14.3. The van der Waals surface area contributed by atoms with Crippen LogP contribution < -0.4 is 10.5 Å². The fraction of sp³-hybridized carbons (Fsp3) is 0.538. The zero-order valence-electron chi connectivity index (χ0n) is 11.7. The molecule has 19 heavy (non-hydrogen) atoms. The van der Waals surface area contributed by atoms with E-state index in [2.05, 4.69) is 0 Å². The van der Waals surface area contributed by atoms with Crippen LogP contribution in [-0.2, 0) is 13.6 Å². The van der Waals surface area contributed by atoms with Crippen molar-refractivity contribution in [2.45, 2.75) is 19.9 Å². The number of rotatable bonds is 8. The van der Waals surface area contributed by atoms with E-state index >= 15 is 0 Å². The second-order valence-corrected chi connectivity index (χ2v) is 6.11. The van der Waals surface area contributed by atoms with E-state index in [1.165, 1.54) is 0 Å². The molecule has 1 atom stereocenters. The Balaban J connectivity index is 2.75. The number of benzene rings is 1. The highest BCUT2D eigenvalue weighted by atomic mass is 31.2. The van der Waals surface area contributed by atoms with Crippen molar-refractivity contribution in [1.29, 1.82) is 0 Å². The molecule has 1 aromatic rings. The Morgan fingerprint density at radius 3 is 2.11 bits per heavy atom. The molecule has 0 radical (unpaired) electrons. The maximum Gasteiger partial charge on any atom is 0.332 e. The molecule has 2 N–H and O–H groups in total. The van der Waals surface area contributed by atoms with Crippen molar-refractivity contribution in [3.63, 3.8) is 0 Å². The van der Waals surface area contributed by atoms with E-state index in [-0.39, 0.29) is 6.16 Å². The molecule has 0 aliphatic heterocycles. The fourth-order valence-corrected chi connectivity index (χ4v) is 3.50. The minimum atomic E-state index is -3.12. The highest BCUT2D eigenvalue weighted by Crippen LogP contribution is 2.50. The van der Waals surface area contributed by atoms with Gasteiger partial charge in [0.25, 0.3) is 0 Å². The van der Waals surface area contributed by atoms with Crippen molar-refractivity contribution in [1.82, 2.24) is 0 Å². The lowest BCUT2D eigenvalue weighted by Gasteiger charge is -2.21. The Morgan fingerprint density at radius 2 is 1.68 bits per heavy atom. The maximum atomic E-state index is 12.4. The van der Waals surface area contributed by atoms with Crippen LogP contribution in [0.25, 0.3) is 0 Å². The van der Waals surface area contributed by atoms with E-state index in [0.717, 1.165) is 11.3 Å². The molecule has 0 saturated carbocycles. The van der Waals surface area contributed by atoms with Crippen LogP contribution in [0.5, 0.6) is 5.75 Å². The largest absolute Gasteiger partial charge is 0.497 e. The Bertz CT molecular complexity index is 411. The Kier molecular flexibility index (Phi) is 6.52. The van der Waals surface area contributed by atoms with Gasteiger partial charge in [0.1, 0.15) is 5.75 Å². The predicted molar refractivity (Wildman–Crippen MR) is 75.6 cm³/mol. The number of ether oxygens (including phenoxy) is 1. The van der Waals surface area contributed by atoms with E-state index in [9.17, 15) is 4.57 Å². The van der Waals surface area contributed by atoms with Crippen LogP contribution in [0.3, 0.4) is 0 Å². The van der Waals surface area contributed by atoms with Gasteiger partial charge in [-0.25, -0.2) is 0 Å². The lowest BCUT2D eigenvalue weighted by atomic mass is 10.1. The second-order valence-electron chi connectivity index (χ2n) is 4.01. The second kappa shape index (κ2) is 7.65. The van der Waals surface area contributed by atoms with E-state index in [1.807, 2.05) is 24.3 Å². The van der Waals surface area contributed by atoms with Crippen LogP contribution in [-0.4, -0.2) is 26.5 Å². The SMILES string of the molecule is CCOP(=O)(C[C@@H](N)c1ccc(OC)cc1)OCC. The van der Waals surface area contributed by atoms with Crippen LogP contribution in [0.2, 0.25) is 0 Å².